The van der Waals surface area contributed by atoms with Crippen molar-refractivity contribution in [2.24, 2.45) is 0 Å². The molecule has 1 heterocycles. The molecule has 0 aromatic heterocycles. The van der Waals surface area contributed by atoms with Crippen molar-refractivity contribution in [1.82, 2.24) is 5.32 Å². The van der Waals surface area contributed by atoms with Gasteiger partial charge in [0.15, 0.2) is 5.60 Å². The van der Waals surface area contributed by atoms with Crippen LogP contribution in [0.15, 0.2) is 24.3 Å². The first-order chi connectivity index (χ1) is 7.71. The first-order valence-electron chi connectivity index (χ1n) is 5.77. The molecule has 2 aliphatic rings. The molecule has 16 heavy (non-hydrogen) atoms. The zero-order chi connectivity index (χ0) is 11.2. The fourth-order valence-electron chi connectivity index (χ4n) is 2.84. The van der Waals surface area contributed by atoms with Gasteiger partial charge in [-0.3, -0.25) is 0 Å². The van der Waals surface area contributed by atoms with Gasteiger partial charge in [0.1, 0.15) is 0 Å². The second kappa shape index (κ2) is 3.24. The lowest BCUT2D eigenvalue weighted by Gasteiger charge is -2.36. The Morgan fingerprint density at radius 3 is 3.00 bits per heavy atom. The summed E-state index contributed by atoms with van der Waals surface area (Å²) in [7, 11) is 0. The van der Waals surface area contributed by atoms with E-state index in [0.29, 0.717) is 12.5 Å². The molecule has 1 aliphatic heterocycles. The Balaban J connectivity index is 2.11. The van der Waals surface area contributed by atoms with E-state index in [1.807, 2.05) is 6.07 Å². The Bertz CT molecular complexity index is 443. The monoisotopic (exact) mass is 217 g/mol. The summed E-state index contributed by atoms with van der Waals surface area (Å²) in [4.78, 5) is 11.3. The first-order valence-corrected chi connectivity index (χ1v) is 5.77. The summed E-state index contributed by atoms with van der Waals surface area (Å²) in [6.45, 7) is 2.84. The van der Waals surface area contributed by atoms with Crippen molar-refractivity contribution in [2.45, 2.75) is 31.3 Å². The topological polar surface area (TPSA) is 38.3 Å². The Kier molecular flexibility index (Phi) is 1.96. The Morgan fingerprint density at radius 2 is 2.25 bits per heavy atom. The first kappa shape index (κ1) is 9.70. The van der Waals surface area contributed by atoms with Gasteiger partial charge in [-0.2, -0.15) is 0 Å². The van der Waals surface area contributed by atoms with Crippen LogP contribution in [0.1, 0.15) is 36.8 Å². The van der Waals surface area contributed by atoms with Crippen molar-refractivity contribution in [1.29, 1.82) is 0 Å². The lowest BCUT2D eigenvalue weighted by molar-refractivity contribution is 0.0369. The molecule has 3 heteroatoms. The quantitative estimate of drug-likeness (QED) is 0.725. The molecule has 1 aromatic rings. The number of benzene rings is 1. The number of nitrogens with one attached hydrogen (secondary N) is 1. The van der Waals surface area contributed by atoms with Gasteiger partial charge in [0.05, 0.1) is 6.54 Å². The third kappa shape index (κ3) is 1.24. The minimum atomic E-state index is -0.403. The van der Waals surface area contributed by atoms with E-state index in [9.17, 15) is 4.79 Å². The van der Waals surface area contributed by atoms with Crippen LogP contribution in [0.3, 0.4) is 0 Å². The SMILES string of the molecule is CC1CCC2(CNC(=O)O2)c2ccccc21. The molecule has 84 valence electrons. The van der Waals surface area contributed by atoms with Crippen molar-refractivity contribution in [3.05, 3.63) is 35.4 Å². The van der Waals surface area contributed by atoms with Crippen LogP contribution in [0.4, 0.5) is 4.79 Å². The maximum Gasteiger partial charge on any atom is 0.408 e. The second-order valence-corrected chi connectivity index (χ2v) is 4.76. The van der Waals surface area contributed by atoms with E-state index in [-0.39, 0.29) is 6.09 Å². The lowest BCUT2D eigenvalue weighted by atomic mass is 9.74. The fourth-order valence-corrected chi connectivity index (χ4v) is 2.84. The van der Waals surface area contributed by atoms with Gasteiger partial charge < -0.3 is 10.1 Å². The number of alkyl carbamates (subject to hydrolysis) is 1. The molecule has 3 nitrogen and oxygen atoms in total. The summed E-state index contributed by atoms with van der Waals surface area (Å²) >= 11 is 0. The van der Waals surface area contributed by atoms with Gasteiger partial charge in [0, 0.05) is 5.56 Å². The van der Waals surface area contributed by atoms with Crippen molar-refractivity contribution in [2.75, 3.05) is 6.54 Å². The van der Waals surface area contributed by atoms with Gasteiger partial charge in [0.2, 0.25) is 0 Å². The van der Waals surface area contributed by atoms with Crippen LogP contribution in [0.5, 0.6) is 0 Å². The van der Waals surface area contributed by atoms with Gasteiger partial charge in [-0.1, -0.05) is 31.2 Å². The maximum atomic E-state index is 11.3. The second-order valence-electron chi connectivity index (χ2n) is 4.76. The minimum absolute atomic E-state index is 0.288. The van der Waals surface area contributed by atoms with E-state index in [0.717, 1.165) is 12.8 Å². The standard InChI is InChI=1S/C13H15NO2/c1-9-6-7-13(8-14-12(15)16-13)11-5-3-2-4-10(9)11/h2-5,9H,6-8H2,1H3,(H,14,15). The number of rotatable bonds is 0. The van der Waals surface area contributed by atoms with Crippen LogP contribution in [-0.4, -0.2) is 12.6 Å². The predicted molar refractivity (Wildman–Crippen MR) is 60.3 cm³/mol. The van der Waals surface area contributed by atoms with Crippen LogP contribution in [0.2, 0.25) is 0 Å². The van der Waals surface area contributed by atoms with E-state index in [4.69, 9.17) is 4.74 Å². The van der Waals surface area contributed by atoms with E-state index in [1.54, 1.807) is 0 Å². The number of fused-ring (bicyclic) bond motifs is 2. The molecule has 1 N–H and O–H groups in total. The summed E-state index contributed by atoms with van der Waals surface area (Å²) in [5, 5.41) is 2.77. The average Bonchev–Trinajstić information content (AvgIpc) is 2.68. The van der Waals surface area contributed by atoms with Crippen LogP contribution in [0, 0.1) is 0 Å². The maximum absolute atomic E-state index is 11.3. The van der Waals surface area contributed by atoms with E-state index in [2.05, 4.69) is 30.4 Å². The molecule has 1 aromatic carbocycles. The normalized spacial score (nSPS) is 32.1. The smallest absolute Gasteiger partial charge is 0.408 e. The molecule has 1 fully saturated rings. The Morgan fingerprint density at radius 1 is 1.44 bits per heavy atom. The number of amides is 1. The number of hydrogen-bond acceptors (Lipinski definition) is 2. The van der Waals surface area contributed by atoms with Crippen molar-refractivity contribution in [3.8, 4) is 0 Å². The van der Waals surface area contributed by atoms with Gasteiger partial charge >= 0.3 is 6.09 Å². The number of hydrogen-bond donors (Lipinski definition) is 1. The summed E-state index contributed by atoms with van der Waals surface area (Å²) in [6, 6.07) is 8.31. The number of carbonyl (C=O) groups is 1. The van der Waals surface area contributed by atoms with E-state index in [1.165, 1.54) is 11.1 Å². The molecular formula is C13H15NO2. The molecule has 0 saturated carbocycles. The summed E-state index contributed by atoms with van der Waals surface area (Å²) in [5.41, 5.74) is 2.11. The van der Waals surface area contributed by atoms with Crippen molar-refractivity contribution in [3.63, 3.8) is 0 Å². The molecule has 3 rings (SSSR count). The highest BCUT2D eigenvalue weighted by Gasteiger charge is 2.45. The van der Waals surface area contributed by atoms with Crippen molar-refractivity contribution < 1.29 is 9.53 Å². The summed E-state index contributed by atoms with van der Waals surface area (Å²) < 4.78 is 5.51. The molecule has 2 unspecified atom stereocenters. The lowest BCUT2D eigenvalue weighted by Crippen LogP contribution is -2.35. The number of carbonyl (C=O) groups excluding carboxylic acids is 1. The highest BCUT2D eigenvalue weighted by molar-refractivity contribution is 5.71. The molecular weight excluding hydrogens is 202 g/mol. The van der Waals surface area contributed by atoms with Crippen LogP contribution in [-0.2, 0) is 10.3 Å². The molecule has 1 amide bonds. The van der Waals surface area contributed by atoms with E-state index < -0.39 is 5.60 Å². The largest absolute Gasteiger partial charge is 0.436 e. The third-order valence-corrected chi connectivity index (χ3v) is 3.77. The summed E-state index contributed by atoms with van der Waals surface area (Å²) in [5.74, 6) is 0.557. The van der Waals surface area contributed by atoms with Crippen LogP contribution < -0.4 is 5.32 Å². The molecule has 0 radical (unpaired) electrons. The molecule has 0 bridgehead atoms. The van der Waals surface area contributed by atoms with Gasteiger partial charge in [0.25, 0.3) is 0 Å². The minimum Gasteiger partial charge on any atom is -0.436 e. The zero-order valence-electron chi connectivity index (χ0n) is 9.32. The van der Waals surface area contributed by atoms with Crippen molar-refractivity contribution >= 4 is 6.09 Å². The molecule has 1 spiro atoms. The third-order valence-electron chi connectivity index (χ3n) is 3.77. The van der Waals surface area contributed by atoms with Gasteiger partial charge in [-0.05, 0) is 24.3 Å². The number of ether oxygens (including phenoxy) is 1. The van der Waals surface area contributed by atoms with Crippen LogP contribution in [0.25, 0.3) is 0 Å². The Labute approximate surface area is 94.8 Å². The highest BCUT2D eigenvalue weighted by atomic mass is 16.6. The van der Waals surface area contributed by atoms with Crippen LogP contribution >= 0.6 is 0 Å². The van der Waals surface area contributed by atoms with Gasteiger partial charge in [-0.15, -0.1) is 0 Å². The summed E-state index contributed by atoms with van der Waals surface area (Å²) in [6.07, 6.45) is 1.71. The van der Waals surface area contributed by atoms with Gasteiger partial charge in [-0.25, -0.2) is 4.79 Å². The Hall–Kier alpha value is -1.51. The zero-order valence-corrected chi connectivity index (χ0v) is 9.32. The highest BCUT2D eigenvalue weighted by Crippen LogP contribution is 2.44. The molecule has 1 aliphatic carbocycles. The fraction of sp³-hybridized carbons (Fsp3) is 0.462. The molecule has 1 saturated heterocycles. The van der Waals surface area contributed by atoms with E-state index >= 15 is 0 Å². The average molecular weight is 217 g/mol. The molecule has 2 atom stereocenters. The predicted octanol–water partition coefficient (Wildman–Crippen LogP) is 2.52.